The molecular weight excluding hydrogens is 354 g/mol. The molecule has 0 saturated carbocycles. The Morgan fingerprint density at radius 1 is 1.42 bits per heavy atom. The first-order valence-corrected chi connectivity index (χ1v) is 9.24. The number of carbonyl (C=O) groups is 2. The Labute approximate surface area is 156 Å². The number of thioether (sulfide) groups is 1. The van der Waals surface area contributed by atoms with Gasteiger partial charge < -0.3 is 4.74 Å². The summed E-state index contributed by atoms with van der Waals surface area (Å²) in [6.07, 6.45) is 4.73. The van der Waals surface area contributed by atoms with Gasteiger partial charge in [-0.15, -0.1) is 11.7 Å². The van der Waals surface area contributed by atoms with E-state index in [1.54, 1.807) is 23.1 Å². The highest BCUT2D eigenvalue weighted by atomic mass is 32.2. The van der Waals surface area contributed by atoms with Gasteiger partial charge in [-0.25, -0.2) is 5.43 Å². The van der Waals surface area contributed by atoms with Gasteiger partial charge in [0, 0.05) is 44.1 Å². The molecule has 2 aliphatic rings. The minimum Gasteiger partial charge on any atom is -0.379 e. The second-order valence-electron chi connectivity index (χ2n) is 5.83. The van der Waals surface area contributed by atoms with Crippen molar-refractivity contribution in [3.63, 3.8) is 0 Å². The molecule has 0 bridgehead atoms. The molecule has 2 aliphatic heterocycles. The summed E-state index contributed by atoms with van der Waals surface area (Å²) in [6, 6.07) is 3.20. The van der Waals surface area contributed by atoms with Crippen molar-refractivity contribution in [1.29, 1.82) is 0 Å². The third-order valence-electron chi connectivity index (χ3n) is 4.06. The number of amidine groups is 1. The molecule has 2 fully saturated rings. The summed E-state index contributed by atoms with van der Waals surface area (Å²) in [5.74, 6) is -0.360. The highest BCUT2D eigenvalue weighted by Gasteiger charge is 2.38. The van der Waals surface area contributed by atoms with Crippen LogP contribution in [-0.4, -0.2) is 76.4 Å². The molecule has 1 N–H and O–H groups in total. The highest BCUT2D eigenvalue weighted by molar-refractivity contribution is 8.15. The number of hydrazone groups is 1. The van der Waals surface area contributed by atoms with E-state index in [9.17, 15) is 9.59 Å². The van der Waals surface area contributed by atoms with Gasteiger partial charge in [-0.05, 0) is 12.1 Å². The summed E-state index contributed by atoms with van der Waals surface area (Å²) in [5.41, 5.74) is 2.97. The normalized spacial score (nSPS) is 22.6. The highest BCUT2D eigenvalue weighted by Crippen LogP contribution is 2.28. The lowest BCUT2D eigenvalue weighted by atomic mass is 10.3. The maximum Gasteiger partial charge on any atom is 0.271 e. The first-order chi connectivity index (χ1) is 12.7. The maximum absolute atomic E-state index is 12.7. The second-order valence-corrected chi connectivity index (χ2v) is 7.00. The Hall–Kier alpha value is -2.23. The van der Waals surface area contributed by atoms with Crippen LogP contribution in [-0.2, 0) is 9.53 Å². The minimum absolute atomic E-state index is 0.0155. The number of amides is 2. The predicted molar refractivity (Wildman–Crippen MR) is 99.7 cm³/mol. The van der Waals surface area contributed by atoms with Gasteiger partial charge in [0.25, 0.3) is 5.91 Å². The second kappa shape index (κ2) is 8.93. The summed E-state index contributed by atoms with van der Waals surface area (Å²) in [4.78, 5) is 32.5. The zero-order chi connectivity index (χ0) is 18.4. The van der Waals surface area contributed by atoms with Crippen molar-refractivity contribution in [2.45, 2.75) is 5.25 Å². The van der Waals surface area contributed by atoms with E-state index in [0.29, 0.717) is 37.0 Å². The van der Waals surface area contributed by atoms with Crippen molar-refractivity contribution in [2.24, 2.45) is 5.10 Å². The molecule has 1 atom stereocenters. The number of hydrogen-bond acceptors (Lipinski definition) is 7. The van der Waals surface area contributed by atoms with E-state index in [-0.39, 0.29) is 17.1 Å². The van der Waals surface area contributed by atoms with E-state index in [2.05, 4.69) is 27.0 Å². The van der Waals surface area contributed by atoms with Crippen LogP contribution in [0.1, 0.15) is 10.4 Å². The van der Waals surface area contributed by atoms with E-state index in [4.69, 9.17) is 4.74 Å². The number of hydrogen-bond donors (Lipinski definition) is 1. The van der Waals surface area contributed by atoms with Gasteiger partial charge in [0.05, 0.1) is 13.2 Å². The standard InChI is InChI=1S/C17H21N5O3S/c1-2-7-22-16(24)14(12-21-8-10-25-11-9-21)26-17(22)20-19-15(23)13-3-5-18-6-4-13/h2-6,14H,1,7-12H2,(H,19,23). The number of pyridine rings is 1. The zero-order valence-electron chi connectivity index (χ0n) is 14.3. The van der Waals surface area contributed by atoms with Crippen LogP contribution in [0.3, 0.4) is 0 Å². The van der Waals surface area contributed by atoms with Crippen LogP contribution in [0.25, 0.3) is 0 Å². The van der Waals surface area contributed by atoms with Crippen molar-refractivity contribution >= 4 is 28.7 Å². The van der Waals surface area contributed by atoms with E-state index in [1.807, 2.05) is 0 Å². The van der Waals surface area contributed by atoms with Crippen LogP contribution >= 0.6 is 11.8 Å². The smallest absolute Gasteiger partial charge is 0.271 e. The largest absolute Gasteiger partial charge is 0.379 e. The monoisotopic (exact) mass is 375 g/mol. The average Bonchev–Trinajstić information content (AvgIpc) is 2.97. The van der Waals surface area contributed by atoms with Crippen LogP contribution in [0.2, 0.25) is 0 Å². The Morgan fingerprint density at radius 2 is 2.15 bits per heavy atom. The van der Waals surface area contributed by atoms with Crippen LogP contribution in [0.15, 0.2) is 42.3 Å². The predicted octanol–water partition coefficient (Wildman–Crippen LogP) is 0.545. The maximum atomic E-state index is 12.7. The van der Waals surface area contributed by atoms with Gasteiger partial charge in [0.1, 0.15) is 5.25 Å². The molecule has 2 amide bonds. The molecule has 3 heterocycles. The molecule has 0 aromatic carbocycles. The third-order valence-corrected chi connectivity index (χ3v) is 5.21. The van der Waals surface area contributed by atoms with Crippen LogP contribution in [0, 0.1) is 0 Å². The van der Waals surface area contributed by atoms with Crippen LogP contribution in [0.5, 0.6) is 0 Å². The molecule has 1 unspecified atom stereocenters. The summed E-state index contributed by atoms with van der Waals surface area (Å²) in [7, 11) is 0. The molecule has 138 valence electrons. The van der Waals surface area contributed by atoms with E-state index in [1.165, 1.54) is 24.2 Å². The molecule has 8 nitrogen and oxygen atoms in total. The number of morpholine rings is 1. The van der Waals surface area contributed by atoms with Crippen molar-refractivity contribution in [2.75, 3.05) is 39.4 Å². The molecule has 1 aromatic rings. The van der Waals surface area contributed by atoms with Crippen LogP contribution < -0.4 is 5.43 Å². The summed E-state index contributed by atoms with van der Waals surface area (Å²) in [5, 5.41) is 4.40. The fraction of sp³-hybridized carbons (Fsp3) is 0.412. The van der Waals surface area contributed by atoms with E-state index < -0.39 is 0 Å². The fourth-order valence-corrected chi connectivity index (χ4v) is 3.85. The first kappa shape index (κ1) is 18.6. The molecule has 1 aromatic heterocycles. The zero-order valence-corrected chi connectivity index (χ0v) is 15.2. The molecule has 2 saturated heterocycles. The minimum atomic E-state index is -0.344. The lowest BCUT2D eigenvalue weighted by Crippen LogP contribution is -2.43. The lowest BCUT2D eigenvalue weighted by molar-refractivity contribution is -0.126. The molecule has 0 radical (unpaired) electrons. The van der Waals surface area contributed by atoms with E-state index in [0.717, 1.165) is 13.1 Å². The Balaban J connectivity index is 1.67. The first-order valence-electron chi connectivity index (χ1n) is 8.36. The SMILES string of the molecule is C=CCN1C(=O)C(CN2CCOCC2)SC1=NNC(=O)c1ccncc1. The third kappa shape index (κ3) is 4.48. The Bertz CT molecular complexity index is 691. The fourth-order valence-electron chi connectivity index (χ4n) is 2.69. The van der Waals surface area contributed by atoms with Gasteiger partial charge in [-0.1, -0.05) is 17.8 Å². The van der Waals surface area contributed by atoms with Crippen molar-refractivity contribution in [3.8, 4) is 0 Å². The summed E-state index contributed by atoms with van der Waals surface area (Å²) >= 11 is 1.37. The number of ether oxygens (including phenoxy) is 1. The van der Waals surface area contributed by atoms with Crippen molar-refractivity contribution in [1.82, 2.24) is 20.2 Å². The molecular formula is C17H21N5O3S. The topological polar surface area (TPSA) is 87.1 Å². The van der Waals surface area contributed by atoms with Gasteiger partial charge in [-0.2, -0.15) is 0 Å². The van der Waals surface area contributed by atoms with Crippen molar-refractivity contribution < 1.29 is 14.3 Å². The molecule has 3 rings (SSSR count). The van der Waals surface area contributed by atoms with Gasteiger partial charge in [0.2, 0.25) is 5.91 Å². The number of carbonyl (C=O) groups excluding carboxylic acids is 2. The van der Waals surface area contributed by atoms with E-state index >= 15 is 0 Å². The number of nitrogens with zero attached hydrogens (tertiary/aromatic N) is 4. The number of nitrogens with one attached hydrogen (secondary N) is 1. The molecule has 0 aliphatic carbocycles. The van der Waals surface area contributed by atoms with Crippen molar-refractivity contribution in [3.05, 3.63) is 42.7 Å². The lowest BCUT2D eigenvalue weighted by Gasteiger charge is -2.27. The van der Waals surface area contributed by atoms with Crippen LogP contribution in [0.4, 0.5) is 0 Å². The summed E-state index contributed by atoms with van der Waals surface area (Å²) in [6.45, 7) is 7.69. The average molecular weight is 375 g/mol. The number of rotatable bonds is 6. The quantitative estimate of drug-likeness (QED) is 0.577. The van der Waals surface area contributed by atoms with Gasteiger partial charge in [0.15, 0.2) is 5.17 Å². The Kier molecular flexibility index (Phi) is 6.37. The molecule has 0 spiro atoms. The molecule has 9 heteroatoms. The van der Waals surface area contributed by atoms with Gasteiger partial charge in [-0.3, -0.25) is 24.4 Å². The van der Waals surface area contributed by atoms with Gasteiger partial charge >= 0.3 is 0 Å². The Morgan fingerprint density at radius 3 is 2.85 bits per heavy atom. The summed E-state index contributed by atoms with van der Waals surface area (Å²) < 4.78 is 5.35. The molecule has 26 heavy (non-hydrogen) atoms. The number of aromatic nitrogens is 1.